The lowest BCUT2D eigenvalue weighted by molar-refractivity contribution is -0.144. The van der Waals surface area contributed by atoms with E-state index in [2.05, 4.69) is 42.2 Å². The molecule has 1 saturated heterocycles. The Bertz CT molecular complexity index is 478. The molecule has 1 unspecified atom stereocenters. The molecule has 1 atom stereocenters. The van der Waals surface area contributed by atoms with E-state index in [9.17, 15) is 4.79 Å². The van der Waals surface area contributed by atoms with Crippen LogP contribution >= 0.6 is 0 Å². The summed E-state index contributed by atoms with van der Waals surface area (Å²) < 4.78 is 0. The second kappa shape index (κ2) is 6.21. The van der Waals surface area contributed by atoms with Crippen LogP contribution in [0.1, 0.15) is 57.4 Å². The van der Waals surface area contributed by atoms with Gasteiger partial charge < -0.3 is 4.90 Å². The van der Waals surface area contributed by atoms with Gasteiger partial charge in [-0.2, -0.15) is 0 Å². The van der Waals surface area contributed by atoms with Crippen LogP contribution in [0.5, 0.6) is 0 Å². The lowest BCUT2D eigenvalue weighted by Crippen LogP contribution is -2.55. The van der Waals surface area contributed by atoms with E-state index in [0.717, 1.165) is 25.9 Å². The van der Waals surface area contributed by atoms with Gasteiger partial charge in [0.2, 0.25) is 5.91 Å². The molecule has 0 spiro atoms. The molecule has 0 radical (unpaired) electrons. The standard InChI is InChI=1S/C19H27NO/c1-2-20-15-9-14-19(18(20)21,16-10-5-3-6-11-16)17-12-7-4-8-13-17/h3,5-6,10-11,17H,2,4,7-9,12-15H2,1H3. The second-order valence-electron chi connectivity index (χ2n) is 6.66. The highest BCUT2D eigenvalue weighted by Crippen LogP contribution is 2.47. The van der Waals surface area contributed by atoms with Crippen molar-refractivity contribution in [3.05, 3.63) is 35.9 Å². The molecule has 2 nitrogen and oxygen atoms in total. The van der Waals surface area contributed by atoms with Crippen LogP contribution in [0.3, 0.4) is 0 Å². The van der Waals surface area contributed by atoms with Crippen molar-refractivity contribution in [2.75, 3.05) is 13.1 Å². The van der Waals surface area contributed by atoms with Crippen LogP contribution in [0.4, 0.5) is 0 Å². The lowest BCUT2D eigenvalue weighted by Gasteiger charge is -2.47. The van der Waals surface area contributed by atoms with Crippen molar-refractivity contribution >= 4 is 5.91 Å². The van der Waals surface area contributed by atoms with E-state index in [-0.39, 0.29) is 5.41 Å². The molecular formula is C19H27NO. The molecule has 1 aliphatic heterocycles. The molecular weight excluding hydrogens is 258 g/mol. The van der Waals surface area contributed by atoms with E-state index in [1.807, 2.05) is 0 Å². The number of piperidine rings is 1. The molecule has 2 fully saturated rings. The summed E-state index contributed by atoms with van der Waals surface area (Å²) in [6.07, 6.45) is 8.54. The van der Waals surface area contributed by atoms with E-state index in [1.54, 1.807) is 0 Å². The van der Waals surface area contributed by atoms with Gasteiger partial charge in [0.25, 0.3) is 0 Å². The van der Waals surface area contributed by atoms with Crippen LogP contribution in [0.25, 0.3) is 0 Å². The SMILES string of the molecule is CCN1CCCC(c2ccccc2)(C2CCCCC2)C1=O. The van der Waals surface area contributed by atoms with Crippen molar-refractivity contribution < 1.29 is 4.79 Å². The maximum absolute atomic E-state index is 13.3. The summed E-state index contributed by atoms with van der Waals surface area (Å²) in [5.74, 6) is 0.935. The summed E-state index contributed by atoms with van der Waals surface area (Å²) in [6.45, 7) is 3.90. The smallest absolute Gasteiger partial charge is 0.233 e. The minimum Gasteiger partial charge on any atom is -0.342 e. The predicted octanol–water partition coefficient (Wildman–Crippen LogP) is 4.15. The molecule has 114 valence electrons. The Morgan fingerprint density at radius 1 is 1.10 bits per heavy atom. The van der Waals surface area contributed by atoms with Crippen LogP contribution in [-0.4, -0.2) is 23.9 Å². The summed E-state index contributed by atoms with van der Waals surface area (Å²) in [5.41, 5.74) is 1.02. The number of nitrogens with zero attached hydrogens (tertiary/aromatic N) is 1. The molecule has 2 heteroatoms. The fraction of sp³-hybridized carbons (Fsp3) is 0.632. The Morgan fingerprint density at radius 3 is 2.48 bits per heavy atom. The first-order valence-corrected chi connectivity index (χ1v) is 8.64. The number of hydrogen-bond acceptors (Lipinski definition) is 1. The van der Waals surface area contributed by atoms with Crippen LogP contribution in [0, 0.1) is 5.92 Å². The van der Waals surface area contributed by atoms with Crippen molar-refractivity contribution in [3.63, 3.8) is 0 Å². The Labute approximate surface area is 128 Å². The average molecular weight is 285 g/mol. The summed E-state index contributed by atoms with van der Waals surface area (Å²) in [6, 6.07) is 10.6. The quantitative estimate of drug-likeness (QED) is 0.817. The van der Waals surface area contributed by atoms with Gasteiger partial charge in [0, 0.05) is 13.1 Å². The monoisotopic (exact) mass is 285 g/mol. The van der Waals surface area contributed by atoms with E-state index in [4.69, 9.17) is 0 Å². The number of carbonyl (C=O) groups excluding carboxylic acids is 1. The molecule has 0 N–H and O–H groups in total. The highest BCUT2D eigenvalue weighted by atomic mass is 16.2. The molecule has 0 bridgehead atoms. The Hall–Kier alpha value is -1.31. The fourth-order valence-electron chi connectivity index (χ4n) is 4.55. The first kappa shape index (κ1) is 14.6. The van der Waals surface area contributed by atoms with Crippen molar-refractivity contribution in [2.45, 2.75) is 57.3 Å². The number of hydrogen-bond donors (Lipinski definition) is 0. The Morgan fingerprint density at radius 2 is 1.81 bits per heavy atom. The molecule has 1 aliphatic carbocycles. The van der Waals surface area contributed by atoms with Crippen LogP contribution < -0.4 is 0 Å². The predicted molar refractivity (Wildman–Crippen MR) is 86.2 cm³/mol. The largest absolute Gasteiger partial charge is 0.342 e. The van der Waals surface area contributed by atoms with Crippen LogP contribution in [-0.2, 0) is 10.2 Å². The molecule has 21 heavy (non-hydrogen) atoms. The van der Waals surface area contributed by atoms with Gasteiger partial charge >= 0.3 is 0 Å². The Balaban J connectivity index is 2.03. The zero-order valence-electron chi connectivity index (χ0n) is 13.2. The first-order chi connectivity index (χ1) is 10.3. The zero-order chi connectivity index (χ0) is 14.7. The van der Waals surface area contributed by atoms with Crippen molar-refractivity contribution in [1.82, 2.24) is 4.90 Å². The van der Waals surface area contributed by atoms with E-state index in [0.29, 0.717) is 11.8 Å². The van der Waals surface area contributed by atoms with E-state index >= 15 is 0 Å². The molecule has 1 saturated carbocycles. The summed E-state index contributed by atoms with van der Waals surface area (Å²) in [7, 11) is 0. The molecule has 0 aromatic heterocycles. The topological polar surface area (TPSA) is 20.3 Å². The fourth-order valence-corrected chi connectivity index (χ4v) is 4.55. The molecule has 1 amide bonds. The van der Waals surface area contributed by atoms with Gasteiger partial charge in [-0.1, -0.05) is 49.6 Å². The van der Waals surface area contributed by atoms with Gasteiger partial charge in [-0.15, -0.1) is 0 Å². The van der Waals surface area contributed by atoms with Gasteiger partial charge in [0.15, 0.2) is 0 Å². The highest BCUT2D eigenvalue weighted by molar-refractivity contribution is 5.89. The normalized spacial score (nSPS) is 27.9. The zero-order valence-corrected chi connectivity index (χ0v) is 13.2. The van der Waals surface area contributed by atoms with Crippen LogP contribution in [0.15, 0.2) is 30.3 Å². The van der Waals surface area contributed by atoms with Crippen molar-refractivity contribution in [3.8, 4) is 0 Å². The first-order valence-electron chi connectivity index (χ1n) is 8.64. The third-order valence-electron chi connectivity index (χ3n) is 5.64. The van der Waals surface area contributed by atoms with Crippen molar-refractivity contribution in [2.24, 2.45) is 5.92 Å². The summed E-state index contributed by atoms with van der Waals surface area (Å²) in [4.78, 5) is 15.4. The Kier molecular flexibility index (Phi) is 4.32. The molecule has 1 aromatic rings. The van der Waals surface area contributed by atoms with Gasteiger partial charge in [0.05, 0.1) is 5.41 Å². The summed E-state index contributed by atoms with van der Waals surface area (Å²) in [5, 5.41) is 0. The molecule has 1 aromatic carbocycles. The van der Waals surface area contributed by atoms with Crippen LogP contribution in [0.2, 0.25) is 0 Å². The van der Waals surface area contributed by atoms with E-state index < -0.39 is 0 Å². The minimum atomic E-state index is -0.240. The van der Waals surface area contributed by atoms with Gasteiger partial charge in [-0.05, 0) is 44.1 Å². The molecule has 2 aliphatic rings. The molecule has 3 rings (SSSR count). The number of likely N-dealkylation sites (tertiary alicyclic amines) is 1. The minimum absolute atomic E-state index is 0.240. The number of rotatable bonds is 3. The number of carbonyl (C=O) groups is 1. The third-order valence-corrected chi connectivity index (χ3v) is 5.64. The van der Waals surface area contributed by atoms with Gasteiger partial charge in [-0.25, -0.2) is 0 Å². The third kappa shape index (κ3) is 2.49. The van der Waals surface area contributed by atoms with Crippen molar-refractivity contribution in [1.29, 1.82) is 0 Å². The number of likely N-dealkylation sites (N-methyl/N-ethyl adjacent to an activating group) is 1. The average Bonchev–Trinajstić information content (AvgIpc) is 2.57. The number of amides is 1. The van der Waals surface area contributed by atoms with Gasteiger partial charge in [0.1, 0.15) is 0 Å². The highest BCUT2D eigenvalue weighted by Gasteiger charge is 2.50. The lowest BCUT2D eigenvalue weighted by atomic mass is 9.61. The maximum Gasteiger partial charge on any atom is 0.233 e. The van der Waals surface area contributed by atoms with Gasteiger partial charge in [-0.3, -0.25) is 4.79 Å². The molecule has 1 heterocycles. The second-order valence-corrected chi connectivity index (χ2v) is 6.66. The van der Waals surface area contributed by atoms with E-state index in [1.165, 1.54) is 37.7 Å². The maximum atomic E-state index is 13.3. The number of benzene rings is 1. The summed E-state index contributed by atoms with van der Waals surface area (Å²) >= 11 is 0.